The molecule has 0 aliphatic carbocycles. The Bertz CT molecular complexity index is 298. The number of aromatic nitrogens is 2. The van der Waals surface area contributed by atoms with Gasteiger partial charge in [0.25, 0.3) is 0 Å². The highest BCUT2D eigenvalue weighted by Gasteiger charge is 2.11. The van der Waals surface area contributed by atoms with Gasteiger partial charge in [0, 0.05) is 30.5 Å². The molecule has 1 aromatic rings. The zero-order chi connectivity index (χ0) is 12.0. The van der Waals surface area contributed by atoms with Crippen LogP contribution in [0.4, 0.5) is 5.13 Å². The molecule has 1 aromatic heterocycles. The van der Waals surface area contributed by atoms with Crippen molar-refractivity contribution in [3.8, 4) is 0 Å². The lowest BCUT2D eigenvalue weighted by molar-refractivity contribution is 0.521. The number of nitrogens with two attached hydrogens (primary N) is 1. The molecule has 0 fully saturated rings. The fourth-order valence-electron chi connectivity index (χ4n) is 1.60. The normalized spacial score (nSPS) is 13.1. The van der Waals surface area contributed by atoms with Crippen LogP contribution in [0.15, 0.2) is 0 Å². The van der Waals surface area contributed by atoms with Crippen molar-refractivity contribution in [2.24, 2.45) is 11.7 Å². The zero-order valence-corrected chi connectivity index (χ0v) is 11.2. The maximum absolute atomic E-state index is 5.73. The number of anilines is 1. The van der Waals surface area contributed by atoms with Gasteiger partial charge >= 0.3 is 0 Å². The minimum Gasteiger partial charge on any atom is -0.356 e. The maximum atomic E-state index is 5.73. The second kappa shape index (κ2) is 6.81. The highest BCUT2D eigenvalue weighted by Crippen LogP contribution is 2.15. The van der Waals surface area contributed by atoms with E-state index < -0.39 is 0 Å². The third-order valence-electron chi connectivity index (χ3n) is 2.31. The molecule has 0 bridgehead atoms. The Kier molecular flexibility index (Phi) is 5.69. The van der Waals surface area contributed by atoms with Crippen molar-refractivity contribution in [2.45, 2.75) is 46.1 Å². The fourth-order valence-corrected chi connectivity index (χ4v) is 2.28. The third-order valence-corrected chi connectivity index (χ3v) is 2.99. The van der Waals surface area contributed by atoms with E-state index in [0.717, 1.165) is 30.2 Å². The van der Waals surface area contributed by atoms with Crippen molar-refractivity contribution >= 4 is 16.7 Å². The summed E-state index contributed by atoms with van der Waals surface area (Å²) in [4.78, 5) is 4.44. The quantitative estimate of drug-likeness (QED) is 0.770. The summed E-state index contributed by atoms with van der Waals surface area (Å²) in [6.07, 6.45) is 3.11. The molecule has 1 atom stereocenters. The lowest BCUT2D eigenvalue weighted by Crippen LogP contribution is -2.30. The summed E-state index contributed by atoms with van der Waals surface area (Å²) in [6, 6.07) is 0.308. The number of nitrogens with zero attached hydrogens (tertiary/aromatic N) is 2. The van der Waals surface area contributed by atoms with Gasteiger partial charge < -0.3 is 11.1 Å². The Balaban J connectivity index is 2.49. The van der Waals surface area contributed by atoms with E-state index in [4.69, 9.17) is 5.73 Å². The summed E-state index contributed by atoms with van der Waals surface area (Å²) >= 11 is 1.43. The smallest absolute Gasteiger partial charge is 0.202 e. The summed E-state index contributed by atoms with van der Waals surface area (Å²) in [5, 5.41) is 4.26. The highest BCUT2D eigenvalue weighted by atomic mass is 32.1. The highest BCUT2D eigenvalue weighted by molar-refractivity contribution is 7.09. The Morgan fingerprint density at radius 2 is 2.19 bits per heavy atom. The average molecular weight is 242 g/mol. The van der Waals surface area contributed by atoms with Crippen molar-refractivity contribution in [2.75, 3.05) is 11.9 Å². The van der Waals surface area contributed by atoms with E-state index in [0.29, 0.717) is 18.5 Å². The number of nitrogens with one attached hydrogen (secondary N) is 1. The van der Waals surface area contributed by atoms with Gasteiger partial charge in [-0.05, 0) is 18.8 Å². The minimum atomic E-state index is 0.308. The van der Waals surface area contributed by atoms with E-state index in [9.17, 15) is 0 Å². The van der Waals surface area contributed by atoms with Crippen molar-refractivity contribution in [3.05, 3.63) is 5.82 Å². The maximum Gasteiger partial charge on any atom is 0.202 e. The van der Waals surface area contributed by atoms with E-state index >= 15 is 0 Å². The summed E-state index contributed by atoms with van der Waals surface area (Å²) in [5.74, 6) is 1.58. The fraction of sp³-hybridized carbons (Fsp3) is 0.818. The second-order valence-electron chi connectivity index (χ2n) is 4.47. The molecule has 16 heavy (non-hydrogen) atoms. The van der Waals surface area contributed by atoms with Crippen LogP contribution in [0, 0.1) is 5.92 Å². The molecular formula is C11H22N4S. The minimum absolute atomic E-state index is 0.308. The number of hydrogen-bond acceptors (Lipinski definition) is 5. The van der Waals surface area contributed by atoms with Gasteiger partial charge in [0.1, 0.15) is 5.82 Å². The Morgan fingerprint density at radius 3 is 2.75 bits per heavy atom. The van der Waals surface area contributed by atoms with Gasteiger partial charge in [-0.2, -0.15) is 4.37 Å². The lowest BCUT2D eigenvalue weighted by Gasteiger charge is -2.17. The summed E-state index contributed by atoms with van der Waals surface area (Å²) in [7, 11) is 0. The molecule has 1 heterocycles. The molecule has 0 radical (unpaired) electrons. The lowest BCUT2D eigenvalue weighted by atomic mass is 10.0. The van der Waals surface area contributed by atoms with Gasteiger partial charge in [0.2, 0.25) is 5.13 Å². The van der Waals surface area contributed by atoms with Gasteiger partial charge in [0.05, 0.1) is 0 Å². The number of rotatable bonds is 7. The molecule has 1 rings (SSSR count). The standard InChI is InChI=1S/C11H22N4S/c1-4-5-10-14-11(16-15-10)13-9(7-12)6-8(2)3/h8-9H,4-7,12H2,1-3H3,(H,13,14,15). The molecule has 0 saturated heterocycles. The van der Waals surface area contributed by atoms with E-state index in [1.165, 1.54) is 11.5 Å². The first-order chi connectivity index (χ1) is 7.65. The average Bonchev–Trinajstić information content (AvgIpc) is 2.64. The van der Waals surface area contributed by atoms with Crippen LogP contribution in [0.1, 0.15) is 39.4 Å². The van der Waals surface area contributed by atoms with Crippen molar-refractivity contribution in [3.63, 3.8) is 0 Å². The number of hydrogen-bond donors (Lipinski definition) is 2. The first kappa shape index (κ1) is 13.4. The molecule has 92 valence electrons. The van der Waals surface area contributed by atoms with Crippen LogP contribution >= 0.6 is 11.5 Å². The van der Waals surface area contributed by atoms with Crippen LogP contribution in [0.3, 0.4) is 0 Å². The number of aryl methyl sites for hydroxylation is 1. The van der Waals surface area contributed by atoms with E-state index in [1.54, 1.807) is 0 Å². The summed E-state index contributed by atoms with van der Waals surface area (Å²) in [6.45, 7) is 7.18. The van der Waals surface area contributed by atoms with E-state index in [2.05, 4.69) is 35.4 Å². The molecule has 0 amide bonds. The van der Waals surface area contributed by atoms with Gasteiger partial charge in [0.15, 0.2) is 0 Å². The summed E-state index contributed by atoms with van der Waals surface area (Å²) < 4.78 is 4.30. The first-order valence-electron chi connectivity index (χ1n) is 5.94. The van der Waals surface area contributed by atoms with E-state index in [-0.39, 0.29) is 0 Å². The van der Waals surface area contributed by atoms with Crippen molar-refractivity contribution in [1.82, 2.24) is 9.36 Å². The van der Waals surface area contributed by atoms with Crippen LogP contribution in [0.5, 0.6) is 0 Å². The van der Waals surface area contributed by atoms with Crippen molar-refractivity contribution in [1.29, 1.82) is 0 Å². The topological polar surface area (TPSA) is 63.8 Å². The monoisotopic (exact) mass is 242 g/mol. The second-order valence-corrected chi connectivity index (χ2v) is 5.22. The molecule has 4 nitrogen and oxygen atoms in total. The molecule has 0 saturated carbocycles. The molecule has 0 aliphatic heterocycles. The molecule has 0 aromatic carbocycles. The largest absolute Gasteiger partial charge is 0.356 e. The van der Waals surface area contributed by atoms with Crippen LogP contribution < -0.4 is 11.1 Å². The zero-order valence-electron chi connectivity index (χ0n) is 10.4. The van der Waals surface area contributed by atoms with Gasteiger partial charge in [-0.3, -0.25) is 0 Å². The third kappa shape index (κ3) is 4.45. The predicted molar refractivity (Wildman–Crippen MR) is 69.8 cm³/mol. The predicted octanol–water partition coefficient (Wildman–Crippen LogP) is 2.28. The van der Waals surface area contributed by atoms with Crippen LogP contribution in [-0.4, -0.2) is 21.9 Å². The Labute approximate surface area is 102 Å². The van der Waals surface area contributed by atoms with Gasteiger partial charge in [-0.25, -0.2) is 4.98 Å². The van der Waals surface area contributed by atoms with Crippen LogP contribution in [0.25, 0.3) is 0 Å². The molecule has 1 unspecified atom stereocenters. The summed E-state index contributed by atoms with van der Waals surface area (Å²) in [5.41, 5.74) is 5.73. The molecule has 0 spiro atoms. The Morgan fingerprint density at radius 1 is 1.44 bits per heavy atom. The van der Waals surface area contributed by atoms with E-state index in [1.807, 2.05) is 0 Å². The molecule has 0 aliphatic rings. The van der Waals surface area contributed by atoms with Gasteiger partial charge in [-0.15, -0.1) is 0 Å². The van der Waals surface area contributed by atoms with Crippen LogP contribution in [0.2, 0.25) is 0 Å². The molecular weight excluding hydrogens is 220 g/mol. The van der Waals surface area contributed by atoms with Gasteiger partial charge in [-0.1, -0.05) is 20.8 Å². The Hall–Kier alpha value is -0.680. The van der Waals surface area contributed by atoms with Crippen LogP contribution in [-0.2, 0) is 6.42 Å². The molecule has 5 heteroatoms. The molecule has 3 N–H and O–H groups in total. The SMILES string of the molecule is CCCc1nsc(NC(CN)CC(C)C)n1. The first-order valence-corrected chi connectivity index (χ1v) is 6.72. The van der Waals surface area contributed by atoms with Crippen molar-refractivity contribution < 1.29 is 0 Å².